The van der Waals surface area contributed by atoms with E-state index in [2.05, 4.69) is 30.9 Å². The molecule has 0 aliphatic rings. The Kier molecular flexibility index (Phi) is 9.86. The lowest BCUT2D eigenvalue weighted by Gasteiger charge is -2.21. The number of thiazole rings is 2. The predicted molar refractivity (Wildman–Crippen MR) is 151 cm³/mol. The van der Waals surface area contributed by atoms with Gasteiger partial charge in [-0.25, -0.2) is 24.5 Å². The van der Waals surface area contributed by atoms with Crippen molar-refractivity contribution in [1.82, 2.24) is 30.9 Å². The number of nitrogens with zero attached hydrogens (tertiary/aromatic N) is 3. The van der Waals surface area contributed by atoms with Crippen molar-refractivity contribution in [3.63, 3.8) is 0 Å². The van der Waals surface area contributed by atoms with Gasteiger partial charge in [0.2, 0.25) is 5.89 Å². The fourth-order valence-corrected chi connectivity index (χ4v) is 5.35. The minimum atomic E-state index is -1.14. The predicted octanol–water partition coefficient (Wildman–Crippen LogP) is 4.80. The molecule has 41 heavy (non-hydrogen) atoms. The van der Waals surface area contributed by atoms with E-state index in [1.165, 1.54) is 16.7 Å². The topological polar surface area (TPSA) is 186 Å². The van der Waals surface area contributed by atoms with Crippen molar-refractivity contribution in [3.05, 3.63) is 49.5 Å². The SMILES string of the molecule is Cc1oc([C@@H](C)NC(=O)OC(C)(C)C)nc1C(=O)N[C@@H](c1nc(C(=O)N[C@H](C)c2nc(C(=O)O)cs2)cs1)C(C)C. The number of oxazole rings is 1. The first kappa shape index (κ1) is 31.7. The zero-order valence-electron chi connectivity index (χ0n) is 24.0. The molecule has 0 saturated heterocycles. The Balaban J connectivity index is 1.68. The number of hydrogen-bond acceptors (Lipinski definition) is 11. The van der Waals surface area contributed by atoms with Crippen molar-refractivity contribution < 1.29 is 33.4 Å². The van der Waals surface area contributed by atoms with Gasteiger partial charge in [-0.05, 0) is 47.5 Å². The maximum absolute atomic E-state index is 13.2. The van der Waals surface area contributed by atoms with E-state index in [9.17, 15) is 19.2 Å². The number of carboxylic acids is 1. The standard InChI is InChI=1S/C26H34N6O7S2/c1-11(2)17(23-29-15(9-41-23)19(33)27-13(4)22-30-16(10-40-22)24(35)36)31-20(34)18-14(5)38-21(32-18)12(3)28-25(37)39-26(6,7)8/h9-13,17H,1-8H3,(H,27,33)(H,28,37)(H,31,34)(H,35,36)/t12-,13-,17-/m1/s1. The van der Waals surface area contributed by atoms with Crippen LogP contribution in [0.1, 0.15) is 120 Å². The number of hydrogen-bond donors (Lipinski definition) is 4. The van der Waals surface area contributed by atoms with Crippen LogP contribution in [-0.2, 0) is 4.74 Å². The summed E-state index contributed by atoms with van der Waals surface area (Å²) in [5.41, 5.74) is -0.527. The Morgan fingerprint density at radius 1 is 0.878 bits per heavy atom. The number of carboxylic acid groups (broad SMARTS) is 1. The van der Waals surface area contributed by atoms with Gasteiger partial charge >= 0.3 is 12.1 Å². The van der Waals surface area contributed by atoms with E-state index >= 15 is 0 Å². The van der Waals surface area contributed by atoms with Crippen LogP contribution in [0, 0.1) is 12.8 Å². The Hall–Kier alpha value is -3.85. The molecular weight excluding hydrogens is 572 g/mol. The van der Waals surface area contributed by atoms with Crippen LogP contribution < -0.4 is 16.0 Å². The summed E-state index contributed by atoms with van der Waals surface area (Å²) in [6, 6.07) is -1.70. The summed E-state index contributed by atoms with van der Waals surface area (Å²) < 4.78 is 10.9. The Labute approximate surface area is 245 Å². The van der Waals surface area contributed by atoms with Gasteiger partial charge in [-0.2, -0.15) is 0 Å². The highest BCUT2D eigenvalue weighted by molar-refractivity contribution is 7.10. The molecule has 3 aromatic heterocycles. The molecule has 0 aliphatic carbocycles. The molecule has 222 valence electrons. The fourth-order valence-electron chi connectivity index (χ4n) is 3.53. The first-order chi connectivity index (χ1) is 19.1. The van der Waals surface area contributed by atoms with Gasteiger partial charge in [0.15, 0.2) is 11.4 Å². The number of ether oxygens (including phenoxy) is 1. The van der Waals surface area contributed by atoms with Gasteiger partial charge in [-0.3, -0.25) is 9.59 Å². The van der Waals surface area contributed by atoms with Crippen LogP contribution in [0.4, 0.5) is 4.79 Å². The van der Waals surface area contributed by atoms with Crippen LogP contribution in [0.3, 0.4) is 0 Å². The molecule has 15 heteroatoms. The van der Waals surface area contributed by atoms with Crippen LogP contribution in [0.2, 0.25) is 0 Å². The number of carbonyl (C=O) groups is 4. The van der Waals surface area contributed by atoms with E-state index in [1.54, 1.807) is 46.9 Å². The lowest BCUT2D eigenvalue weighted by molar-refractivity contribution is 0.0499. The van der Waals surface area contributed by atoms with Crippen LogP contribution in [-0.4, -0.2) is 49.5 Å². The van der Waals surface area contributed by atoms with E-state index in [-0.39, 0.29) is 34.7 Å². The van der Waals surface area contributed by atoms with Crippen molar-refractivity contribution in [3.8, 4) is 0 Å². The summed E-state index contributed by atoms with van der Waals surface area (Å²) in [4.78, 5) is 62.0. The van der Waals surface area contributed by atoms with Gasteiger partial charge in [0.05, 0.1) is 12.1 Å². The number of nitrogens with one attached hydrogen (secondary N) is 3. The zero-order chi connectivity index (χ0) is 30.6. The number of aryl methyl sites for hydroxylation is 1. The molecule has 0 radical (unpaired) electrons. The van der Waals surface area contributed by atoms with E-state index < -0.39 is 47.6 Å². The number of amides is 3. The lowest BCUT2D eigenvalue weighted by atomic mass is 10.0. The van der Waals surface area contributed by atoms with Crippen molar-refractivity contribution in [2.24, 2.45) is 5.92 Å². The molecule has 4 N–H and O–H groups in total. The van der Waals surface area contributed by atoms with Crippen LogP contribution >= 0.6 is 22.7 Å². The molecule has 0 aliphatic heterocycles. The first-order valence-electron chi connectivity index (χ1n) is 12.8. The van der Waals surface area contributed by atoms with Crippen molar-refractivity contribution in [2.45, 2.75) is 79.1 Å². The smallest absolute Gasteiger partial charge is 0.408 e. The van der Waals surface area contributed by atoms with Gasteiger partial charge < -0.3 is 30.2 Å². The van der Waals surface area contributed by atoms with Crippen LogP contribution in [0.25, 0.3) is 0 Å². The summed E-state index contributed by atoms with van der Waals surface area (Å²) in [7, 11) is 0. The van der Waals surface area contributed by atoms with E-state index in [0.29, 0.717) is 10.0 Å². The molecular formula is C26H34N6O7S2. The normalized spacial score (nSPS) is 13.8. The Bertz CT molecular complexity index is 1420. The highest BCUT2D eigenvalue weighted by Gasteiger charge is 2.28. The summed E-state index contributed by atoms with van der Waals surface area (Å²) in [6.45, 7) is 14.0. The highest BCUT2D eigenvalue weighted by Crippen LogP contribution is 2.27. The monoisotopic (exact) mass is 606 g/mol. The lowest BCUT2D eigenvalue weighted by Crippen LogP contribution is -2.34. The molecule has 0 bridgehead atoms. The third kappa shape index (κ3) is 8.33. The number of aromatic carboxylic acids is 1. The second-order valence-electron chi connectivity index (χ2n) is 10.7. The maximum Gasteiger partial charge on any atom is 0.408 e. The summed E-state index contributed by atoms with van der Waals surface area (Å²) in [5, 5.41) is 21.4. The quantitative estimate of drug-likeness (QED) is 0.250. The van der Waals surface area contributed by atoms with Crippen LogP contribution in [0.15, 0.2) is 15.2 Å². The second-order valence-corrected chi connectivity index (χ2v) is 12.4. The molecule has 0 unspecified atom stereocenters. The number of aromatic nitrogens is 3. The van der Waals surface area contributed by atoms with Gasteiger partial charge in [-0.15, -0.1) is 22.7 Å². The molecule has 13 nitrogen and oxygen atoms in total. The Morgan fingerprint density at radius 3 is 2.07 bits per heavy atom. The molecule has 3 heterocycles. The van der Waals surface area contributed by atoms with Gasteiger partial charge in [0, 0.05) is 10.8 Å². The molecule has 0 saturated carbocycles. The first-order valence-corrected chi connectivity index (χ1v) is 14.5. The second kappa shape index (κ2) is 12.8. The molecule has 3 atom stereocenters. The number of carbonyl (C=O) groups excluding carboxylic acids is 3. The minimum absolute atomic E-state index is 0.0658. The number of alkyl carbamates (subject to hydrolysis) is 1. The summed E-state index contributed by atoms with van der Waals surface area (Å²) in [5.74, 6) is -1.74. The average Bonchev–Trinajstić information content (AvgIpc) is 3.60. The third-order valence-corrected chi connectivity index (χ3v) is 7.52. The van der Waals surface area contributed by atoms with Crippen molar-refractivity contribution in [1.29, 1.82) is 0 Å². The van der Waals surface area contributed by atoms with Gasteiger partial charge in [0.1, 0.15) is 33.1 Å². The molecule has 3 aromatic rings. The van der Waals surface area contributed by atoms with Crippen LogP contribution in [0.5, 0.6) is 0 Å². The number of rotatable bonds is 10. The van der Waals surface area contributed by atoms with E-state index in [1.807, 2.05) is 13.8 Å². The highest BCUT2D eigenvalue weighted by atomic mass is 32.1. The van der Waals surface area contributed by atoms with Crippen molar-refractivity contribution in [2.75, 3.05) is 0 Å². The summed E-state index contributed by atoms with van der Waals surface area (Å²) >= 11 is 2.36. The Morgan fingerprint density at radius 2 is 1.49 bits per heavy atom. The summed E-state index contributed by atoms with van der Waals surface area (Å²) in [6.07, 6.45) is -0.638. The third-order valence-electron chi connectivity index (χ3n) is 5.56. The molecule has 0 spiro atoms. The van der Waals surface area contributed by atoms with Crippen molar-refractivity contribution >= 4 is 46.6 Å². The largest absolute Gasteiger partial charge is 0.476 e. The molecule has 0 aromatic carbocycles. The van der Waals surface area contributed by atoms with Gasteiger partial charge in [0.25, 0.3) is 11.8 Å². The van der Waals surface area contributed by atoms with Gasteiger partial charge in [-0.1, -0.05) is 13.8 Å². The molecule has 0 fully saturated rings. The average molecular weight is 607 g/mol. The molecule has 3 rings (SSSR count). The maximum atomic E-state index is 13.2. The molecule has 3 amide bonds. The zero-order valence-corrected chi connectivity index (χ0v) is 25.7. The minimum Gasteiger partial charge on any atom is -0.476 e. The van der Waals surface area contributed by atoms with E-state index in [4.69, 9.17) is 14.3 Å². The fraction of sp³-hybridized carbons (Fsp3) is 0.500. The van der Waals surface area contributed by atoms with E-state index in [0.717, 1.165) is 11.3 Å².